The van der Waals surface area contributed by atoms with Crippen LogP contribution < -0.4 is 10.6 Å². The topological polar surface area (TPSA) is 58.2 Å². The Labute approximate surface area is 123 Å². The fraction of sp³-hybridized carbons (Fsp3) is 0.467. The molecule has 108 valence electrons. The van der Waals surface area contributed by atoms with Gasteiger partial charge < -0.3 is 10.6 Å². The van der Waals surface area contributed by atoms with E-state index in [1.165, 1.54) is 16.0 Å². The van der Waals surface area contributed by atoms with Gasteiger partial charge >= 0.3 is 0 Å². The Morgan fingerprint density at radius 1 is 1.35 bits per heavy atom. The third-order valence-corrected chi connectivity index (χ3v) is 4.48. The van der Waals surface area contributed by atoms with Gasteiger partial charge in [0.1, 0.15) is 0 Å². The summed E-state index contributed by atoms with van der Waals surface area (Å²) in [6, 6.07) is 6.26. The average Bonchev–Trinajstić information content (AvgIpc) is 2.85. The molecule has 4 nitrogen and oxygen atoms in total. The molecule has 1 aromatic rings. The minimum atomic E-state index is -0.128. The van der Waals surface area contributed by atoms with Crippen LogP contribution in [0.5, 0.6) is 0 Å². The number of hydrogen-bond acceptors (Lipinski definition) is 3. The molecule has 0 spiro atoms. The predicted molar refractivity (Wildman–Crippen MR) is 80.8 cm³/mol. The first-order valence-corrected chi connectivity index (χ1v) is 7.78. The Hall–Kier alpha value is -1.49. The highest BCUT2D eigenvalue weighted by atomic mass is 32.2. The van der Waals surface area contributed by atoms with E-state index in [9.17, 15) is 9.59 Å². The van der Waals surface area contributed by atoms with Crippen LogP contribution in [-0.2, 0) is 16.0 Å². The van der Waals surface area contributed by atoms with Crippen LogP contribution in [0.3, 0.4) is 0 Å². The first-order valence-electron chi connectivity index (χ1n) is 6.90. The van der Waals surface area contributed by atoms with Gasteiger partial charge in [0.2, 0.25) is 11.8 Å². The van der Waals surface area contributed by atoms with Crippen LogP contribution in [0.1, 0.15) is 24.5 Å². The minimum Gasteiger partial charge on any atom is -0.355 e. The lowest BCUT2D eigenvalue weighted by molar-refractivity contribution is -0.125. The molecular weight excluding hydrogens is 272 g/mol. The lowest BCUT2D eigenvalue weighted by Crippen LogP contribution is -2.40. The first-order chi connectivity index (χ1) is 9.60. The van der Waals surface area contributed by atoms with E-state index in [0.29, 0.717) is 6.54 Å². The first kappa shape index (κ1) is 14.9. The molecule has 2 amide bonds. The number of fused-ring (bicyclic) bond motifs is 1. The number of benzene rings is 1. The molecule has 2 N–H and O–H groups in total. The second-order valence-corrected chi connectivity index (χ2v) is 6.23. The van der Waals surface area contributed by atoms with Crippen molar-refractivity contribution >= 4 is 23.6 Å². The summed E-state index contributed by atoms with van der Waals surface area (Å²) in [5.41, 5.74) is 2.42. The third kappa shape index (κ3) is 3.76. The Morgan fingerprint density at radius 2 is 2.15 bits per heavy atom. The lowest BCUT2D eigenvalue weighted by atomic mass is 10.1. The van der Waals surface area contributed by atoms with E-state index in [1.807, 2.05) is 13.8 Å². The van der Waals surface area contributed by atoms with Gasteiger partial charge in [-0.2, -0.15) is 0 Å². The zero-order chi connectivity index (χ0) is 14.5. The van der Waals surface area contributed by atoms with Crippen molar-refractivity contribution in [1.82, 2.24) is 10.6 Å². The number of thioether (sulfide) groups is 1. The molecule has 0 fully saturated rings. The predicted octanol–water partition coefficient (Wildman–Crippen LogP) is 1.65. The zero-order valence-corrected chi connectivity index (χ0v) is 12.7. The van der Waals surface area contributed by atoms with Gasteiger partial charge in [-0.1, -0.05) is 24.6 Å². The highest BCUT2D eigenvalue weighted by Crippen LogP contribution is 2.37. The van der Waals surface area contributed by atoms with Crippen molar-refractivity contribution in [3.8, 4) is 0 Å². The smallest absolute Gasteiger partial charge is 0.239 e. The molecule has 1 heterocycles. The maximum atomic E-state index is 12.1. The van der Waals surface area contributed by atoms with Crippen LogP contribution in [0.25, 0.3) is 0 Å². The van der Waals surface area contributed by atoms with Crippen molar-refractivity contribution in [2.75, 3.05) is 13.1 Å². The molecule has 0 saturated carbocycles. The van der Waals surface area contributed by atoms with Crippen molar-refractivity contribution in [3.63, 3.8) is 0 Å². The summed E-state index contributed by atoms with van der Waals surface area (Å²) >= 11 is 1.58. The fourth-order valence-corrected chi connectivity index (χ4v) is 3.41. The number of rotatable bonds is 5. The quantitative estimate of drug-likeness (QED) is 0.867. The van der Waals surface area contributed by atoms with Crippen molar-refractivity contribution in [2.24, 2.45) is 0 Å². The van der Waals surface area contributed by atoms with E-state index in [2.05, 4.69) is 28.8 Å². The second-order valence-electron chi connectivity index (χ2n) is 4.99. The van der Waals surface area contributed by atoms with Crippen LogP contribution >= 0.6 is 11.8 Å². The van der Waals surface area contributed by atoms with E-state index >= 15 is 0 Å². The van der Waals surface area contributed by atoms with Crippen molar-refractivity contribution in [3.05, 3.63) is 29.3 Å². The van der Waals surface area contributed by atoms with Crippen LogP contribution in [-0.4, -0.2) is 30.2 Å². The fourth-order valence-electron chi connectivity index (χ4n) is 2.09. The van der Waals surface area contributed by atoms with Gasteiger partial charge in [-0.25, -0.2) is 0 Å². The molecule has 5 heteroatoms. The molecule has 0 saturated heterocycles. The molecule has 0 radical (unpaired) electrons. The maximum absolute atomic E-state index is 12.1. The van der Waals surface area contributed by atoms with Crippen LogP contribution in [0, 0.1) is 6.92 Å². The summed E-state index contributed by atoms with van der Waals surface area (Å²) in [6.45, 7) is 4.75. The van der Waals surface area contributed by atoms with Gasteiger partial charge in [0.05, 0.1) is 11.8 Å². The number of aryl methyl sites for hydroxylation is 1. The highest BCUT2D eigenvalue weighted by molar-refractivity contribution is 8.01. The van der Waals surface area contributed by atoms with Crippen LogP contribution in [0.2, 0.25) is 0 Å². The Bertz CT molecular complexity index is 517. The number of amides is 2. The van der Waals surface area contributed by atoms with E-state index in [1.54, 1.807) is 11.8 Å². The van der Waals surface area contributed by atoms with Gasteiger partial charge in [0, 0.05) is 11.4 Å². The number of hydrogen-bond donors (Lipinski definition) is 2. The molecule has 1 atom stereocenters. The lowest BCUT2D eigenvalue weighted by Gasteiger charge is -2.09. The summed E-state index contributed by atoms with van der Waals surface area (Å²) in [4.78, 5) is 24.7. The zero-order valence-electron chi connectivity index (χ0n) is 11.9. The maximum Gasteiger partial charge on any atom is 0.239 e. The van der Waals surface area contributed by atoms with Gasteiger partial charge in [0.15, 0.2) is 0 Å². The molecule has 0 aromatic heterocycles. The SMILES string of the molecule is CCCNC(=O)CNC(=O)C1Cc2ccc(C)cc2S1. The van der Waals surface area contributed by atoms with Crippen LogP contribution in [0.4, 0.5) is 0 Å². The molecule has 2 rings (SSSR count). The van der Waals surface area contributed by atoms with Gasteiger partial charge in [0.25, 0.3) is 0 Å². The van der Waals surface area contributed by atoms with Crippen molar-refractivity contribution in [2.45, 2.75) is 36.8 Å². The normalized spacial score (nSPS) is 16.6. The van der Waals surface area contributed by atoms with Gasteiger partial charge in [-0.15, -0.1) is 11.8 Å². The minimum absolute atomic E-state index is 0.0597. The summed E-state index contributed by atoms with van der Waals surface area (Å²) in [5.74, 6) is -0.188. The Kier molecular flexibility index (Phi) is 5.06. The summed E-state index contributed by atoms with van der Waals surface area (Å²) in [6.07, 6.45) is 1.63. The standard InChI is InChI=1S/C15H20N2O2S/c1-3-6-16-14(18)9-17-15(19)13-8-11-5-4-10(2)7-12(11)20-13/h4-5,7,13H,3,6,8-9H2,1-2H3,(H,16,18)(H,17,19). The molecular formula is C15H20N2O2S. The summed E-state index contributed by atoms with van der Waals surface area (Å²) < 4.78 is 0. The molecule has 1 aromatic carbocycles. The van der Waals surface area contributed by atoms with Crippen molar-refractivity contribution < 1.29 is 9.59 Å². The highest BCUT2D eigenvalue weighted by Gasteiger charge is 2.28. The van der Waals surface area contributed by atoms with E-state index < -0.39 is 0 Å². The summed E-state index contributed by atoms with van der Waals surface area (Å²) in [7, 11) is 0. The van der Waals surface area contributed by atoms with Crippen molar-refractivity contribution in [1.29, 1.82) is 0 Å². The largest absolute Gasteiger partial charge is 0.355 e. The number of carbonyl (C=O) groups is 2. The molecule has 1 unspecified atom stereocenters. The molecule has 0 aliphatic carbocycles. The van der Waals surface area contributed by atoms with E-state index in [0.717, 1.165) is 12.8 Å². The third-order valence-electron chi connectivity index (χ3n) is 3.18. The monoisotopic (exact) mass is 292 g/mol. The second kappa shape index (κ2) is 6.79. The Morgan fingerprint density at radius 3 is 2.90 bits per heavy atom. The molecule has 20 heavy (non-hydrogen) atoms. The van der Waals surface area contributed by atoms with E-state index in [4.69, 9.17) is 0 Å². The Balaban J connectivity index is 1.82. The molecule has 0 bridgehead atoms. The van der Waals surface area contributed by atoms with Gasteiger partial charge in [-0.3, -0.25) is 9.59 Å². The average molecular weight is 292 g/mol. The van der Waals surface area contributed by atoms with Crippen LogP contribution in [0.15, 0.2) is 23.1 Å². The van der Waals surface area contributed by atoms with Gasteiger partial charge in [-0.05, 0) is 31.4 Å². The summed E-state index contributed by atoms with van der Waals surface area (Å²) in [5, 5.41) is 5.33. The van der Waals surface area contributed by atoms with E-state index in [-0.39, 0.29) is 23.6 Å². The number of nitrogens with one attached hydrogen (secondary N) is 2. The molecule has 1 aliphatic rings. The number of carbonyl (C=O) groups excluding carboxylic acids is 2. The molecule has 1 aliphatic heterocycles.